The van der Waals surface area contributed by atoms with E-state index in [1.54, 1.807) is 0 Å². The highest BCUT2D eigenvalue weighted by Crippen LogP contribution is 2.19. The van der Waals surface area contributed by atoms with E-state index in [1.807, 2.05) is 7.05 Å². The first-order valence-electron chi connectivity index (χ1n) is 11.3. The summed E-state index contributed by atoms with van der Waals surface area (Å²) in [5, 5.41) is 6.78. The third-order valence-corrected chi connectivity index (χ3v) is 5.74. The van der Waals surface area contributed by atoms with Crippen LogP contribution in [0.1, 0.15) is 49.7 Å². The van der Waals surface area contributed by atoms with Crippen molar-refractivity contribution >= 4 is 29.9 Å². The van der Waals surface area contributed by atoms with Crippen molar-refractivity contribution < 1.29 is 9.47 Å². The maximum absolute atomic E-state index is 6.05. The van der Waals surface area contributed by atoms with Gasteiger partial charge < -0.3 is 20.1 Å². The molecule has 0 spiro atoms. The Morgan fingerprint density at radius 2 is 1.83 bits per heavy atom. The van der Waals surface area contributed by atoms with Crippen LogP contribution in [0, 0.1) is 0 Å². The second-order valence-corrected chi connectivity index (χ2v) is 8.05. The number of nitrogens with zero attached hydrogens (tertiary/aromatic N) is 2. The lowest BCUT2D eigenvalue weighted by Gasteiger charge is -2.26. The molecule has 7 heteroatoms. The van der Waals surface area contributed by atoms with Gasteiger partial charge in [0.25, 0.3) is 0 Å². The van der Waals surface area contributed by atoms with Gasteiger partial charge in [0.1, 0.15) is 0 Å². The second-order valence-electron chi connectivity index (χ2n) is 8.05. The zero-order valence-electron chi connectivity index (χ0n) is 18.4. The molecule has 1 aliphatic heterocycles. The Kier molecular flexibility index (Phi) is 12.7. The smallest absolute Gasteiger partial charge is 0.191 e. The van der Waals surface area contributed by atoms with Gasteiger partial charge in [-0.05, 0) is 24.0 Å². The fourth-order valence-electron chi connectivity index (χ4n) is 4.07. The third kappa shape index (κ3) is 9.49. The lowest BCUT2D eigenvalue weighted by molar-refractivity contribution is 0.0342. The lowest BCUT2D eigenvalue weighted by atomic mass is 10.1. The third-order valence-electron chi connectivity index (χ3n) is 5.74. The predicted molar refractivity (Wildman–Crippen MR) is 134 cm³/mol. The minimum atomic E-state index is 0. The Bertz CT molecular complexity index is 615. The van der Waals surface area contributed by atoms with Crippen molar-refractivity contribution in [3.8, 4) is 0 Å². The van der Waals surface area contributed by atoms with Gasteiger partial charge >= 0.3 is 0 Å². The Balaban J connectivity index is 0.00000320. The molecular formula is C23H39IN4O2. The zero-order valence-corrected chi connectivity index (χ0v) is 20.7. The molecule has 2 aliphatic rings. The Morgan fingerprint density at radius 3 is 2.57 bits per heavy atom. The van der Waals surface area contributed by atoms with Crippen LogP contribution in [0.2, 0.25) is 0 Å². The molecule has 3 rings (SSSR count). The van der Waals surface area contributed by atoms with E-state index in [1.165, 1.54) is 49.7 Å². The highest BCUT2D eigenvalue weighted by molar-refractivity contribution is 14.0. The van der Waals surface area contributed by atoms with Gasteiger partial charge in [-0.3, -0.25) is 9.89 Å². The van der Waals surface area contributed by atoms with E-state index in [2.05, 4.69) is 44.8 Å². The van der Waals surface area contributed by atoms with Crippen molar-refractivity contribution in [2.75, 3.05) is 46.5 Å². The monoisotopic (exact) mass is 530 g/mol. The van der Waals surface area contributed by atoms with Crippen molar-refractivity contribution in [2.45, 2.75) is 57.7 Å². The molecule has 1 saturated heterocycles. The molecule has 1 heterocycles. The number of benzene rings is 1. The number of hydrogen-bond acceptors (Lipinski definition) is 4. The molecule has 2 N–H and O–H groups in total. The summed E-state index contributed by atoms with van der Waals surface area (Å²) in [5.41, 5.74) is 2.62. The molecule has 0 aromatic heterocycles. The number of halogens is 1. The number of guanidine groups is 1. The van der Waals surface area contributed by atoms with E-state index >= 15 is 0 Å². The maximum Gasteiger partial charge on any atom is 0.191 e. The van der Waals surface area contributed by atoms with E-state index in [4.69, 9.17) is 9.47 Å². The quantitative estimate of drug-likeness (QED) is 0.177. The first kappa shape index (κ1) is 25.4. The van der Waals surface area contributed by atoms with Crippen LogP contribution in [0.25, 0.3) is 0 Å². The maximum atomic E-state index is 6.05. The molecule has 30 heavy (non-hydrogen) atoms. The number of nitrogens with one attached hydrogen (secondary N) is 2. The van der Waals surface area contributed by atoms with Crippen LogP contribution in [0.4, 0.5) is 0 Å². The molecule has 1 aliphatic carbocycles. The summed E-state index contributed by atoms with van der Waals surface area (Å²) < 4.78 is 11.5. The topological polar surface area (TPSA) is 58.1 Å². The van der Waals surface area contributed by atoms with Gasteiger partial charge in [-0.25, -0.2) is 0 Å². The molecule has 0 atom stereocenters. The number of ether oxygens (including phenoxy) is 2. The molecule has 1 aromatic carbocycles. The molecule has 1 saturated carbocycles. The van der Waals surface area contributed by atoms with Crippen molar-refractivity contribution in [1.29, 1.82) is 0 Å². The summed E-state index contributed by atoms with van der Waals surface area (Å²) in [5.74, 6) is 0.827. The fourth-order valence-corrected chi connectivity index (χ4v) is 4.07. The van der Waals surface area contributed by atoms with Crippen molar-refractivity contribution in [1.82, 2.24) is 15.5 Å². The van der Waals surface area contributed by atoms with Gasteiger partial charge in [0, 0.05) is 39.8 Å². The summed E-state index contributed by atoms with van der Waals surface area (Å²) >= 11 is 0. The molecule has 1 aromatic rings. The minimum absolute atomic E-state index is 0. The van der Waals surface area contributed by atoms with Gasteiger partial charge in [-0.15, -0.1) is 24.0 Å². The van der Waals surface area contributed by atoms with Crippen LogP contribution in [0.15, 0.2) is 29.3 Å². The lowest BCUT2D eigenvalue weighted by Crippen LogP contribution is -2.39. The highest BCUT2D eigenvalue weighted by Gasteiger charge is 2.12. The molecule has 6 nitrogen and oxygen atoms in total. The number of aliphatic imine (C=N–C) groups is 1. The van der Waals surface area contributed by atoms with E-state index < -0.39 is 0 Å². The first-order chi connectivity index (χ1) is 14.3. The van der Waals surface area contributed by atoms with Crippen LogP contribution in [0.3, 0.4) is 0 Å². The summed E-state index contributed by atoms with van der Waals surface area (Å²) in [4.78, 5) is 6.78. The van der Waals surface area contributed by atoms with E-state index in [9.17, 15) is 0 Å². The average molecular weight is 530 g/mol. The summed E-state index contributed by atoms with van der Waals surface area (Å²) in [6, 6.07) is 8.80. The van der Waals surface area contributed by atoms with Crippen LogP contribution in [-0.4, -0.2) is 63.5 Å². The Hall–Kier alpha value is -0.900. The largest absolute Gasteiger partial charge is 0.379 e. The molecular weight excluding hydrogens is 491 g/mol. The van der Waals surface area contributed by atoms with Crippen LogP contribution < -0.4 is 10.6 Å². The predicted octanol–water partition coefficient (Wildman–Crippen LogP) is 3.54. The average Bonchev–Trinajstić information content (AvgIpc) is 3.03. The fraction of sp³-hybridized carbons (Fsp3) is 0.696. The van der Waals surface area contributed by atoms with E-state index in [0.717, 1.165) is 58.5 Å². The molecule has 0 bridgehead atoms. The van der Waals surface area contributed by atoms with Crippen molar-refractivity contribution in [2.24, 2.45) is 4.99 Å². The van der Waals surface area contributed by atoms with Gasteiger partial charge in [-0.1, -0.05) is 49.9 Å². The summed E-state index contributed by atoms with van der Waals surface area (Å²) in [6.07, 6.45) is 8.23. The van der Waals surface area contributed by atoms with Crippen molar-refractivity contribution in [3.63, 3.8) is 0 Å². The molecule has 0 amide bonds. The number of rotatable bonds is 8. The normalized spacial score (nSPS) is 19.0. The highest BCUT2D eigenvalue weighted by atomic mass is 127. The van der Waals surface area contributed by atoms with Crippen molar-refractivity contribution in [3.05, 3.63) is 35.4 Å². The summed E-state index contributed by atoms with van der Waals surface area (Å²) in [7, 11) is 1.82. The molecule has 0 radical (unpaired) electrons. The second kappa shape index (κ2) is 15.0. The van der Waals surface area contributed by atoms with Gasteiger partial charge in [-0.2, -0.15) is 0 Å². The number of hydrogen-bond donors (Lipinski definition) is 2. The molecule has 0 unspecified atom stereocenters. The van der Waals surface area contributed by atoms with Crippen LogP contribution in [-0.2, 0) is 22.6 Å². The zero-order chi connectivity index (χ0) is 20.2. The van der Waals surface area contributed by atoms with Gasteiger partial charge in [0.05, 0.1) is 25.9 Å². The standard InChI is InChI=1S/C23H38N4O2.HI/c1-24-23(25-11-14-29-22-9-4-2-3-5-10-22)26-18-20-7-6-8-21(17-20)19-27-12-15-28-16-13-27;/h6-8,17,22H,2-5,9-16,18-19H2,1H3,(H2,24,25,26);1H. The first-order valence-corrected chi connectivity index (χ1v) is 11.3. The summed E-state index contributed by atoms with van der Waals surface area (Å²) in [6.45, 7) is 6.99. The molecule has 170 valence electrons. The van der Waals surface area contributed by atoms with Gasteiger partial charge in [0.2, 0.25) is 0 Å². The minimum Gasteiger partial charge on any atom is -0.379 e. The van der Waals surface area contributed by atoms with Crippen LogP contribution >= 0.6 is 24.0 Å². The van der Waals surface area contributed by atoms with Gasteiger partial charge in [0.15, 0.2) is 5.96 Å². The van der Waals surface area contributed by atoms with E-state index in [0.29, 0.717) is 6.10 Å². The van der Waals surface area contributed by atoms with Crippen LogP contribution in [0.5, 0.6) is 0 Å². The molecule has 2 fully saturated rings. The Morgan fingerprint density at radius 1 is 1.10 bits per heavy atom. The Labute approximate surface area is 199 Å². The number of morpholine rings is 1. The SMILES string of the molecule is CN=C(NCCOC1CCCCCC1)NCc1cccc(CN2CCOCC2)c1.I. The van der Waals surface area contributed by atoms with E-state index in [-0.39, 0.29) is 24.0 Å².